The van der Waals surface area contributed by atoms with Crippen molar-refractivity contribution in [2.75, 3.05) is 24.7 Å². The first-order valence-corrected chi connectivity index (χ1v) is 9.41. The van der Waals surface area contributed by atoms with Crippen molar-refractivity contribution in [1.82, 2.24) is 5.32 Å². The molecule has 1 fully saturated rings. The number of hydrogen-bond donors (Lipinski definition) is 1. The Morgan fingerprint density at radius 3 is 2.58 bits per heavy atom. The summed E-state index contributed by atoms with van der Waals surface area (Å²) in [5, 5.41) is 3.25. The number of sulfone groups is 1. The molecule has 0 radical (unpaired) electrons. The fourth-order valence-corrected chi connectivity index (χ4v) is 3.58. The molecule has 1 saturated carbocycles. The minimum Gasteiger partial charge on any atom is -0.378 e. The van der Waals surface area contributed by atoms with Crippen molar-refractivity contribution in [2.45, 2.75) is 64.5 Å². The lowest BCUT2D eigenvalue weighted by molar-refractivity contribution is 0.0272. The van der Waals surface area contributed by atoms with E-state index in [-0.39, 0.29) is 17.5 Å². The van der Waals surface area contributed by atoms with Crippen LogP contribution in [0.2, 0.25) is 0 Å². The summed E-state index contributed by atoms with van der Waals surface area (Å²) in [4.78, 5) is 0. The molecule has 0 aliphatic heterocycles. The maximum Gasteiger partial charge on any atom is 0.151 e. The number of rotatable bonds is 9. The van der Waals surface area contributed by atoms with Gasteiger partial charge in [0.05, 0.1) is 11.9 Å². The van der Waals surface area contributed by atoms with Crippen LogP contribution < -0.4 is 5.32 Å². The summed E-state index contributed by atoms with van der Waals surface area (Å²) < 4.78 is 28.7. The van der Waals surface area contributed by atoms with Gasteiger partial charge >= 0.3 is 0 Å². The van der Waals surface area contributed by atoms with Gasteiger partial charge < -0.3 is 10.1 Å². The molecule has 0 spiro atoms. The molecule has 0 bridgehead atoms. The Hall–Kier alpha value is -0.130. The quantitative estimate of drug-likeness (QED) is 0.661. The molecule has 1 aliphatic rings. The van der Waals surface area contributed by atoms with Crippen molar-refractivity contribution in [3.05, 3.63) is 0 Å². The van der Waals surface area contributed by atoms with Crippen LogP contribution in [0, 0.1) is 0 Å². The zero-order chi connectivity index (χ0) is 14.1. The lowest BCUT2D eigenvalue weighted by atomic mass is 9.98. The predicted molar refractivity (Wildman–Crippen MR) is 79.2 cm³/mol. The topological polar surface area (TPSA) is 55.4 Å². The van der Waals surface area contributed by atoms with Crippen molar-refractivity contribution in [3.63, 3.8) is 0 Å². The monoisotopic (exact) mass is 291 g/mol. The molecular formula is C14H29NO3S. The summed E-state index contributed by atoms with van der Waals surface area (Å²) in [5.41, 5.74) is 0. The molecule has 5 heteroatoms. The molecule has 0 aromatic carbocycles. The van der Waals surface area contributed by atoms with Gasteiger partial charge in [-0.1, -0.05) is 26.2 Å². The van der Waals surface area contributed by atoms with Crippen LogP contribution in [0.15, 0.2) is 0 Å². The molecule has 1 rings (SSSR count). The maximum absolute atomic E-state index is 11.4. The highest BCUT2D eigenvalue weighted by molar-refractivity contribution is 7.91. The molecule has 19 heavy (non-hydrogen) atoms. The van der Waals surface area contributed by atoms with E-state index in [0.29, 0.717) is 6.10 Å². The van der Waals surface area contributed by atoms with Crippen molar-refractivity contribution in [2.24, 2.45) is 0 Å². The molecule has 1 aliphatic carbocycles. The Morgan fingerprint density at radius 1 is 1.26 bits per heavy atom. The minimum atomic E-state index is -2.87. The number of nitrogens with one attached hydrogen (secondary N) is 1. The van der Waals surface area contributed by atoms with Gasteiger partial charge in [0.25, 0.3) is 0 Å². The lowest BCUT2D eigenvalue weighted by Gasteiger charge is -2.22. The highest BCUT2D eigenvalue weighted by Gasteiger charge is 2.14. The van der Waals surface area contributed by atoms with E-state index in [2.05, 4.69) is 5.32 Å². The first kappa shape index (κ1) is 16.9. The van der Waals surface area contributed by atoms with Crippen LogP contribution in [0.1, 0.15) is 52.4 Å². The van der Waals surface area contributed by atoms with Gasteiger partial charge in [-0.15, -0.1) is 0 Å². The Bertz CT molecular complexity index is 324. The van der Waals surface area contributed by atoms with Gasteiger partial charge in [-0.05, 0) is 32.7 Å². The van der Waals surface area contributed by atoms with Crippen LogP contribution in [-0.2, 0) is 14.6 Å². The average Bonchev–Trinajstić information content (AvgIpc) is 2.39. The van der Waals surface area contributed by atoms with E-state index in [1.165, 1.54) is 32.1 Å². The largest absolute Gasteiger partial charge is 0.378 e. The average molecular weight is 291 g/mol. The molecule has 0 saturated heterocycles. The number of ether oxygens (including phenoxy) is 1. The van der Waals surface area contributed by atoms with Crippen LogP contribution in [0.5, 0.6) is 0 Å². The fraction of sp³-hybridized carbons (Fsp3) is 1.00. The van der Waals surface area contributed by atoms with E-state index in [1.807, 2.05) is 6.92 Å². The van der Waals surface area contributed by atoms with Gasteiger partial charge in [0.2, 0.25) is 0 Å². The summed E-state index contributed by atoms with van der Waals surface area (Å²) in [6.07, 6.45) is 7.78. The van der Waals surface area contributed by atoms with Gasteiger partial charge in [-0.3, -0.25) is 0 Å². The van der Waals surface area contributed by atoms with Crippen LogP contribution >= 0.6 is 0 Å². The molecule has 4 nitrogen and oxygen atoms in total. The SMILES string of the molecule is CCS(=O)(=O)CC(C)NCCCOC1CCCCC1. The standard InChI is InChI=1S/C14H29NO3S/c1-3-19(16,17)12-13(2)15-10-7-11-18-14-8-5-4-6-9-14/h13-15H,3-12H2,1-2H3. The summed E-state index contributed by atoms with van der Waals surface area (Å²) in [7, 11) is -2.87. The molecule has 0 amide bonds. The molecule has 1 N–H and O–H groups in total. The van der Waals surface area contributed by atoms with Gasteiger partial charge in [0, 0.05) is 18.4 Å². The molecule has 114 valence electrons. The van der Waals surface area contributed by atoms with Crippen molar-refractivity contribution in [3.8, 4) is 0 Å². The third-order valence-corrected chi connectivity index (χ3v) is 5.55. The second-order valence-electron chi connectivity index (χ2n) is 5.54. The van der Waals surface area contributed by atoms with Crippen molar-refractivity contribution >= 4 is 9.84 Å². The minimum absolute atomic E-state index is 0.0274. The maximum atomic E-state index is 11.4. The molecule has 0 aromatic rings. The van der Waals surface area contributed by atoms with E-state index < -0.39 is 9.84 Å². The molecule has 0 heterocycles. The highest BCUT2D eigenvalue weighted by Crippen LogP contribution is 2.20. The Labute approximate surface area is 118 Å². The summed E-state index contributed by atoms with van der Waals surface area (Å²) in [5.74, 6) is 0.455. The lowest BCUT2D eigenvalue weighted by Crippen LogP contribution is -2.34. The zero-order valence-electron chi connectivity index (χ0n) is 12.4. The molecule has 1 unspecified atom stereocenters. The Balaban J connectivity index is 2.00. The predicted octanol–water partition coefficient (Wildman–Crippen LogP) is 2.14. The normalized spacial score (nSPS) is 19.5. The Kier molecular flexibility index (Phi) is 7.95. The van der Waals surface area contributed by atoms with E-state index >= 15 is 0 Å². The summed E-state index contributed by atoms with van der Waals surface area (Å²) in [6.45, 7) is 5.23. The molecule has 0 aromatic heterocycles. The smallest absolute Gasteiger partial charge is 0.151 e. The zero-order valence-corrected chi connectivity index (χ0v) is 13.2. The Morgan fingerprint density at radius 2 is 1.95 bits per heavy atom. The van der Waals surface area contributed by atoms with Crippen LogP contribution in [0.4, 0.5) is 0 Å². The van der Waals surface area contributed by atoms with Crippen LogP contribution in [0.25, 0.3) is 0 Å². The second kappa shape index (κ2) is 8.93. The number of hydrogen-bond acceptors (Lipinski definition) is 4. The summed E-state index contributed by atoms with van der Waals surface area (Å²) in [6, 6.07) is 0.0274. The van der Waals surface area contributed by atoms with Gasteiger partial charge in [-0.2, -0.15) is 0 Å². The second-order valence-corrected chi connectivity index (χ2v) is 7.94. The molecule has 1 atom stereocenters. The van der Waals surface area contributed by atoms with Crippen molar-refractivity contribution in [1.29, 1.82) is 0 Å². The highest BCUT2D eigenvalue weighted by atomic mass is 32.2. The molecular weight excluding hydrogens is 262 g/mol. The van der Waals surface area contributed by atoms with E-state index in [4.69, 9.17) is 4.74 Å². The van der Waals surface area contributed by atoms with E-state index in [1.54, 1.807) is 6.92 Å². The van der Waals surface area contributed by atoms with Gasteiger partial charge in [0.15, 0.2) is 9.84 Å². The summed E-state index contributed by atoms with van der Waals surface area (Å²) >= 11 is 0. The third kappa shape index (κ3) is 7.90. The third-order valence-electron chi connectivity index (χ3n) is 3.66. The van der Waals surface area contributed by atoms with Crippen LogP contribution in [0.3, 0.4) is 0 Å². The first-order chi connectivity index (χ1) is 9.03. The van der Waals surface area contributed by atoms with Gasteiger partial charge in [0.1, 0.15) is 0 Å². The van der Waals surface area contributed by atoms with Gasteiger partial charge in [-0.25, -0.2) is 8.42 Å². The van der Waals surface area contributed by atoms with Crippen molar-refractivity contribution < 1.29 is 13.2 Å². The van der Waals surface area contributed by atoms with Crippen LogP contribution in [-0.4, -0.2) is 45.2 Å². The van der Waals surface area contributed by atoms with E-state index in [9.17, 15) is 8.42 Å². The van der Waals surface area contributed by atoms with E-state index in [0.717, 1.165) is 19.6 Å². The first-order valence-electron chi connectivity index (χ1n) is 7.59. The fourth-order valence-electron chi connectivity index (χ4n) is 2.46.